The number of alkyl halides is 14. The Morgan fingerprint density at radius 3 is 1.08 bits per heavy atom. The zero-order valence-corrected chi connectivity index (χ0v) is 19.2. The summed E-state index contributed by atoms with van der Waals surface area (Å²) < 4.78 is 175. The van der Waals surface area contributed by atoms with Gasteiger partial charge in [0.05, 0.1) is 6.10 Å². The van der Waals surface area contributed by atoms with Gasteiger partial charge in [0.25, 0.3) is 11.8 Å². The van der Waals surface area contributed by atoms with Gasteiger partial charge in [-0.05, 0) is 25.7 Å². The maximum absolute atomic E-state index is 13.1. The molecule has 0 aromatic rings. The highest BCUT2D eigenvalue weighted by Gasteiger charge is 2.77. The summed E-state index contributed by atoms with van der Waals surface area (Å²) in [6.45, 7) is -1.31. The number of amides is 2. The molecular weight excluding hydrogens is 570 g/mol. The molecule has 0 aliphatic carbocycles. The Kier molecular flexibility index (Phi) is 12.6. The molecule has 0 radical (unpaired) electrons. The highest BCUT2D eigenvalue weighted by atomic mass is 19.4. The minimum Gasteiger partial charge on any atom is -0.393 e. The van der Waals surface area contributed by atoms with E-state index in [4.69, 9.17) is 0 Å². The molecule has 0 fully saturated rings. The van der Waals surface area contributed by atoms with E-state index < -0.39 is 67.1 Å². The molecule has 0 bridgehead atoms. The van der Waals surface area contributed by atoms with Gasteiger partial charge >= 0.3 is 36.0 Å². The molecule has 0 aromatic heterocycles. The Morgan fingerprint density at radius 2 is 0.816 bits per heavy atom. The van der Waals surface area contributed by atoms with Gasteiger partial charge in [-0.2, -0.15) is 61.5 Å². The summed E-state index contributed by atoms with van der Waals surface area (Å²) in [5.74, 6) is -30.8. The van der Waals surface area contributed by atoms with Gasteiger partial charge in [-0.15, -0.1) is 0 Å². The molecule has 0 aliphatic rings. The number of unbranched alkanes of at least 4 members (excludes halogenated alkanes) is 4. The van der Waals surface area contributed by atoms with E-state index in [9.17, 15) is 76.2 Å². The van der Waals surface area contributed by atoms with E-state index in [1.807, 2.05) is 0 Å². The van der Waals surface area contributed by atoms with Gasteiger partial charge in [0, 0.05) is 13.1 Å². The standard InChI is InChI=1S/C19H24F14N2O3/c20-14(21,16(24,25)18(28,29)30)12(37)34-9-5-1-3-7-11(36)8-4-2-6-10-35-13(38)15(22,23)17(26,27)19(31,32)33/h11,36H,1-10H2,(H,34,37)(H,35,38). The van der Waals surface area contributed by atoms with E-state index in [-0.39, 0.29) is 51.4 Å². The molecule has 0 unspecified atom stereocenters. The van der Waals surface area contributed by atoms with E-state index >= 15 is 0 Å². The highest BCUT2D eigenvalue weighted by molar-refractivity contribution is 5.85. The molecule has 0 aromatic carbocycles. The van der Waals surface area contributed by atoms with Crippen LogP contribution in [-0.4, -0.2) is 72.2 Å². The molecule has 0 atom stereocenters. The number of rotatable bonds is 16. The van der Waals surface area contributed by atoms with Crippen molar-refractivity contribution in [3.8, 4) is 0 Å². The maximum atomic E-state index is 13.1. The summed E-state index contributed by atoms with van der Waals surface area (Å²) >= 11 is 0. The third-order valence-corrected chi connectivity index (χ3v) is 5.07. The van der Waals surface area contributed by atoms with Crippen LogP contribution in [-0.2, 0) is 9.59 Å². The van der Waals surface area contributed by atoms with E-state index in [0.717, 1.165) is 0 Å². The average Bonchev–Trinajstić information content (AvgIpc) is 2.76. The number of hydrogen-bond acceptors (Lipinski definition) is 3. The molecule has 3 N–H and O–H groups in total. The Labute approximate surface area is 206 Å². The van der Waals surface area contributed by atoms with Crippen LogP contribution in [0.25, 0.3) is 0 Å². The van der Waals surface area contributed by atoms with Crippen molar-refractivity contribution in [3.63, 3.8) is 0 Å². The number of hydrogen-bond donors (Lipinski definition) is 3. The normalized spacial score (nSPS) is 14.1. The van der Waals surface area contributed by atoms with Crippen LogP contribution in [0.1, 0.15) is 51.4 Å². The summed E-state index contributed by atoms with van der Waals surface area (Å²) in [7, 11) is 0. The van der Waals surface area contributed by atoms with Gasteiger partial charge in [0.2, 0.25) is 0 Å². The van der Waals surface area contributed by atoms with Crippen molar-refractivity contribution < 1.29 is 76.2 Å². The molecule has 38 heavy (non-hydrogen) atoms. The molecular formula is C19H24F14N2O3. The van der Waals surface area contributed by atoms with Crippen LogP contribution >= 0.6 is 0 Å². The van der Waals surface area contributed by atoms with Crippen molar-refractivity contribution in [2.24, 2.45) is 0 Å². The zero-order valence-electron chi connectivity index (χ0n) is 19.2. The van der Waals surface area contributed by atoms with Gasteiger partial charge < -0.3 is 15.7 Å². The average molecular weight is 594 g/mol. The smallest absolute Gasteiger partial charge is 0.393 e. The zero-order chi connectivity index (χ0) is 30.2. The molecule has 0 spiro atoms. The molecule has 0 aliphatic heterocycles. The molecule has 0 rings (SSSR count). The van der Waals surface area contributed by atoms with Crippen molar-refractivity contribution >= 4 is 11.8 Å². The first kappa shape index (κ1) is 35.9. The molecule has 0 saturated carbocycles. The van der Waals surface area contributed by atoms with Gasteiger partial charge in [-0.25, -0.2) is 0 Å². The molecule has 19 heteroatoms. The molecule has 0 heterocycles. The van der Waals surface area contributed by atoms with Crippen molar-refractivity contribution in [2.45, 2.75) is 93.5 Å². The molecule has 0 saturated heterocycles. The third kappa shape index (κ3) is 9.00. The second kappa shape index (κ2) is 13.3. The minimum absolute atomic E-state index is 0.103. The first-order valence-electron chi connectivity index (χ1n) is 10.8. The quantitative estimate of drug-likeness (QED) is 0.166. The largest absolute Gasteiger partial charge is 0.460 e. The van der Waals surface area contributed by atoms with Crippen molar-refractivity contribution in [1.29, 1.82) is 0 Å². The van der Waals surface area contributed by atoms with Crippen LogP contribution in [0.2, 0.25) is 0 Å². The fraction of sp³-hybridized carbons (Fsp3) is 0.895. The summed E-state index contributed by atoms with van der Waals surface area (Å²) in [6, 6.07) is 0. The topological polar surface area (TPSA) is 78.4 Å². The van der Waals surface area contributed by atoms with Gasteiger partial charge in [-0.3, -0.25) is 9.59 Å². The van der Waals surface area contributed by atoms with Crippen LogP contribution in [0.15, 0.2) is 0 Å². The lowest BCUT2D eigenvalue weighted by Crippen LogP contribution is -2.59. The lowest BCUT2D eigenvalue weighted by Gasteiger charge is -2.27. The van der Waals surface area contributed by atoms with Crippen molar-refractivity contribution in [1.82, 2.24) is 10.6 Å². The Balaban J connectivity index is 4.12. The van der Waals surface area contributed by atoms with Crippen LogP contribution in [0.5, 0.6) is 0 Å². The fourth-order valence-corrected chi connectivity index (χ4v) is 2.77. The van der Waals surface area contributed by atoms with E-state index in [1.54, 1.807) is 0 Å². The number of aliphatic hydroxyl groups is 1. The predicted octanol–water partition coefficient (Wildman–Crippen LogP) is 5.37. The summed E-state index contributed by atoms with van der Waals surface area (Å²) in [5.41, 5.74) is 0. The lowest BCUT2D eigenvalue weighted by molar-refractivity contribution is -0.344. The Bertz CT molecular complexity index is 707. The van der Waals surface area contributed by atoms with Gasteiger partial charge in [0.15, 0.2) is 0 Å². The van der Waals surface area contributed by atoms with E-state index in [1.165, 1.54) is 10.6 Å². The monoisotopic (exact) mass is 594 g/mol. The van der Waals surface area contributed by atoms with Crippen LogP contribution in [0.3, 0.4) is 0 Å². The summed E-state index contributed by atoms with van der Waals surface area (Å²) in [5, 5.41) is 12.3. The van der Waals surface area contributed by atoms with Crippen LogP contribution in [0, 0.1) is 0 Å². The fourth-order valence-electron chi connectivity index (χ4n) is 2.77. The van der Waals surface area contributed by atoms with Gasteiger partial charge in [0.1, 0.15) is 0 Å². The molecule has 2 amide bonds. The first-order valence-corrected chi connectivity index (χ1v) is 10.8. The number of aliphatic hydroxyl groups excluding tert-OH is 1. The van der Waals surface area contributed by atoms with Crippen LogP contribution < -0.4 is 10.6 Å². The second-order valence-corrected chi connectivity index (χ2v) is 8.16. The first-order chi connectivity index (χ1) is 16.9. The Morgan fingerprint density at radius 1 is 0.526 bits per heavy atom. The number of nitrogens with one attached hydrogen (secondary N) is 2. The van der Waals surface area contributed by atoms with E-state index in [2.05, 4.69) is 0 Å². The van der Waals surface area contributed by atoms with Crippen molar-refractivity contribution in [3.05, 3.63) is 0 Å². The number of carbonyl (C=O) groups is 2. The SMILES string of the molecule is O=C(NCCCCCC(O)CCCCCNC(=O)C(F)(F)C(F)(F)C(F)(F)F)C(F)(F)C(F)(F)C(F)(F)F. The van der Waals surface area contributed by atoms with Crippen molar-refractivity contribution in [2.75, 3.05) is 13.1 Å². The van der Waals surface area contributed by atoms with Gasteiger partial charge in [-0.1, -0.05) is 25.7 Å². The summed E-state index contributed by atoms with van der Waals surface area (Å²) in [6.07, 6.45) is -13.6. The third-order valence-electron chi connectivity index (χ3n) is 5.07. The summed E-state index contributed by atoms with van der Waals surface area (Å²) in [4.78, 5) is 22.1. The lowest BCUT2D eigenvalue weighted by atomic mass is 10.0. The number of carbonyl (C=O) groups excluding carboxylic acids is 2. The molecule has 226 valence electrons. The minimum atomic E-state index is -6.65. The van der Waals surface area contributed by atoms with Crippen LogP contribution in [0.4, 0.5) is 61.5 Å². The Hall–Kier alpha value is -2.08. The maximum Gasteiger partial charge on any atom is 0.460 e. The second-order valence-electron chi connectivity index (χ2n) is 8.16. The number of halogens is 14. The highest BCUT2D eigenvalue weighted by Crippen LogP contribution is 2.47. The van der Waals surface area contributed by atoms with E-state index in [0.29, 0.717) is 0 Å². The molecule has 5 nitrogen and oxygen atoms in total. The predicted molar refractivity (Wildman–Crippen MR) is 101 cm³/mol.